The average molecular weight is 447 g/mol. The number of nitrogens with one attached hydrogen (secondary N) is 1. The summed E-state index contributed by atoms with van der Waals surface area (Å²) < 4.78 is 1.86. The second-order valence-corrected chi connectivity index (χ2v) is 10.8. The fourth-order valence-corrected chi connectivity index (χ4v) is 5.28. The van der Waals surface area contributed by atoms with Crippen LogP contribution < -0.4 is 5.32 Å². The average Bonchev–Trinajstić information content (AvgIpc) is 3.30. The van der Waals surface area contributed by atoms with E-state index in [1.165, 1.54) is 5.57 Å². The van der Waals surface area contributed by atoms with Crippen LogP contribution in [0.5, 0.6) is 5.75 Å². The Balaban J connectivity index is 1.50. The first-order valence-electron chi connectivity index (χ1n) is 10.6. The Morgan fingerprint density at radius 3 is 2.56 bits per heavy atom. The van der Waals surface area contributed by atoms with Crippen molar-refractivity contribution in [3.05, 3.63) is 53.7 Å². The van der Waals surface area contributed by atoms with E-state index < -0.39 is 0 Å². The van der Waals surface area contributed by atoms with Crippen molar-refractivity contribution in [1.82, 2.24) is 29.7 Å². The van der Waals surface area contributed by atoms with E-state index in [-0.39, 0.29) is 16.8 Å². The Bertz CT molecular complexity index is 1360. The second-order valence-electron chi connectivity index (χ2n) is 9.56. The van der Waals surface area contributed by atoms with Crippen molar-refractivity contribution >= 4 is 22.7 Å². The van der Waals surface area contributed by atoms with E-state index in [0.717, 1.165) is 27.6 Å². The lowest BCUT2D eigenvalue weighted by atomic mass is 9.82. The van der Waals surface area contributed by atoms with E-state index in [1.807, 2.05) is 29.8 Å². The minimum absolute atomic E-state index is 0.0178. The van der Waals surface area contributed by atoms with Crippen LogP contribution in [-0.4, -0.2) is 40.5 Å². The molecule has 0 saturated carbocycles. The van der Waals surface area contributed by atoms with Crippen molar-refractivity contribution < 1.29 is 5.11 Å². The summed E-state index contributed by atoms with van der Waals surface area (Å²) in [7, 11) is 0. The maximum atomic E-state index is 10.6. The summed E-state index contributed by atoms with van der Waals surface area (Å²) in [6.45, 7) is 10.7. The van der Waals surface area contributed by atoms with Gasteiger partial charge < -0.3 is 10.4 Å². The summed E-state index contributed by atoms with van der Waals surface area (Å²) in [5, 5.41) is 15.3. The van der Waals surface area contributed by atoms with Gasteiger partial charge in [0.05, 0.1) is 15.6 Å². The number of hydrogen-bond acceptors (Lipinski definition) is 7. The third-order valence-corrected chi connectivity index (χ3v) is 6.46. The monoisotopic (exact) mass is 446 g/mol. The molecule has 4 aromatic heterocycles. The standard InChI is InChI=1S/C24H26N6OS/c1-14-25-12-20(32-14)15-8-19(31)21(26-11-15)18-13-30-7-6-17(27-22(30)28-18)16-9-23(2,3)29-24(4,5)10-16/h6-9,11-13,29,31H,10H2,1-5H3. The zero-order valence-electron chi connectivity index (χ0n) is 18.8. The molecule has 0 unspecified atom stereocenters. The van der Waals surface area contributed by atoms with E-state index in [9.17, 15) is 5.11 Å². The lowest BCUT2D eigenvalue weighted by Crippen LogP contribution is -2.53. The first kappa shape index (κ1) is 20.8. The van der Waals surface area contributed by atoms with Crippen molar-refractivity contribution in [2.24, 2.45) is 0 Å². The molecule has 8 heteroatoms. The Hall–Kier alpha value is -3.10. The van der Waals surface area contributed by atoms with Gasteiger partial charge in [-0.25, -0.2) is 19.9 Å². The molecular formula is C24H26N6OS. The van der Waals surface area contributed by atoms with Crippen LogP contribution in [0.2, 0.25) is 0 Å². The number of pyridine rings is 1. The lowest BCUT2D eigenvalue weighted by Gasteiger charge is -2.41. The van der Waals surface area contributed by atoms with Crippen molar-refractivity contribution in [2.45, 2.75) is 52.1 Å². The summed E-state index contributed by atoms with van der Waals surface area (Å²) in [4.78, 5) is 19.2. The maximum absolute atomic E-state index is 10.6. The Labute approximate surface area is 190 Å². The minimum Gasteiger partial charge on any atom is -0.506 e. The van der Waals surface area contributed by atoms with Gasteiger partial charge in [-0.05, 0) is 58.7 Å². The summed E-state index contributed by atoms with van der Waals surface area (Å²) in [6, 6.07) is 3.73. The number of fused-ring (bicyclic) bond motifs is 1. The third kappa shape index (κ3) is 3.91. The molecule has 1 aliphatic heterocycles. The van der Waals surface area contributed by atoms with Crippen LogP contribution in [-0.2, 0) is 0 Å². The van der Waals surface area contributed by atoms with Gasteiger partial charge in [0.2, 0.25) is 5.78 Å². The van der Waals surface area contributed by atoms with Gasteiger partial charge in [0.25, 0.3) is 0 Å². The van der Waals surface area contributed by atoms with Crippen molar-refractivity contribution in [3.63, 3.8) is 0 Å². The van der Waals surface area contributed by atoms with Crippen LogP contribution in [0.15, 0.2) is 43.0 Å². The quantitative estimate of drug-likeness (QED) is 0.467. The van der Waals surface area contributed by atoms with Crippen LogP contribution in [0.25, 0.3) is 33.2 Å². The molecule has 0 radical (unpaired) electrons. The van der Waals surface area contributed by atoms with Gasteiger partial charge in [-0.15, -0.1) is 11.3 Å². The highest BCUT2D eigenvalue weighted by molar-refractivity contribution is 7.15. The summed E-state index contributed by atoms with van der Waals surface area (Å²) in [5.41, 5.74) is 3.85. The molecule has 0 bridgehead atoms. The molecule has 5 heterocycles. The summed E-state index contributed by atoms with van der Waals surface area (Å²) in [6.07, 6.45) is 10.5. The van der Waals surface area contributed by atoms with Gasteiger partial charge in [0.15, 0.2) is 0 Å². The highest BCUT2D eigenvalue weighted by atomic mass is 32.1. The fraction of sp³-hybridized carbons (Fsp3) is 0.333. The predicted octanol–water partition coefficient (Wildman–Crippen LogP) is 4.86. The zero-order valence-corrected chi connectivity index (χ0v) is 19.7. The molecule has 2 N–H and O–H groups in total. The van der Waals surface area contributed by atoms with Crippen LogP contribution in [0.1, 0.15) is 44.8 Å². The molecule has 0 aromatic carbocycles. The largest absolute Gasteiger partial charge is 0.506 e. The SMILES string of the molecule is Cc1ncc(-c2cnc(-c3cn4ccc(C5=CC(C)(C)NC(C)(C)C5)nc4n3)c(O)c2)s1. The topological polar surface area (TPSA) is 88.2 Å². The Morgan fingerprint density at radius 2 is 1.88 bits per heavy atom. The first-order valence-corrected chi connectivity index (χ1v) is 11.4. The Morgan fingerprint density at radius 1 is 1.09 bits per heavy atom. The molecule has 1 aliphatic rings. The molecule has 4 aromatic rings. The van der Waals surface area contributed by atoms with Crippen LogP contribution in [0.4, 0.5) is 0 Å². The number of thiazole rings is 1. The summed E-state index contributed by atoms with van der Waals surface area (Å²) >= 11 is 1.57. The number of aryl methyl sites for hydroxylation is 1. The van der Waals surface area contributed by atoms with Gasteiger partial charge in [-0.1, -0.05) is 6.08 Å². The number of hydrogen-bond donors (Lipinski definition) is 2. The molecular weight excluding hydrogens is 420 g/mol. The summed E-state index contributed by atoms with van der Waals surface area (Å²) in [5.74, 6) is 0.664. The van der Waals surface area contributed by atoms with Crippen LogP contribution >= 0.6 is 11.3 Å². The molecule has 32 heavy (non-hydrogen) atoms. The van der Waals surface area contributed by atoms with Gasteiger partial charge in [0, 0.05) is 41.4 Å². The number of nitrogens with zero attached hydrogens (tertiary/aromatic N) is 5. The molecule has 0 saturated heterocycles. The smallest absolute Gasteiger partial charge is 0.234 e. The van der Waals surface area contributed by atoms with Crippen molar-refractivity contribution in [3.8, 4) is 27.6 Å². The van der Waals surface area contributed by atoms with Crippen LogP contribution in [0.3, 0.4) is 0 Å². The molecule has 0 amide bonds. The maximum Gasteiger partial charge on any atom is 0.234 e. The highest BCUT2D eigenvalue weighted by Crippen LogP contribution is 2.34. The first-order chi connectivity index (χ1) is 15.1. The molecule has 0 atom stereocenters. The van der Waals surface area contributed by atoms with Crippen LogP contribution in [0, 0.1) is 6.92 Å². The van der Waals surface area contributed by atoms with E-state index in [4.69, 9.17) is 4.98 Å². The fourth-order valence-electron chi connectivity index (χ4n) is 4.52. The van der Waals surface area contributed by atoms with Crippen molar-refractivity contribution in [2.75, 3.05) is 0 Å². The third-order valence-electron chi connectivity index (χ3n) is 5.50. The predicted molar refractivity (Wildman–Crippen MR) is 128 cm³/mol. The Kier molecular flexibility index (Phi) is 4.69. The lowest BCUT2D eigenvalue weighted by molar-refractivity contribution is 0.297. The minimum atomic E-state index is -0.112. The van der Waals surface area contributed by atoms with E-state index in [1.54, 1.807) is 29.8 Å². The van der Waals surface area contributed by atoms with Gasteiger partial charge in [-0.2, -0.15) is 0 Å². The zero-order chi connectivity index (χ0) is 22.7. The number of aromatic hydroxyl groups is 1. The number of rotatable bonds is 3. The van der Waals surface area contributed by atoms with Crippen molar-refractivity contribution in [1.29, 1.82) is 0 Å². The highest BCUT2D eigenvalue weighted by Gasteiger charge is 2.33. The number of aromatic nitrogens is 5. The molecule has 0 spiro atoms. The van der Waals surface area contributed by atoms with Gasteiger partial charge in [0.1, 0.15) is 17.1 Å². The second kappa shape index (κ2) is 7.21. The normalized spacial score (nSPS) is 17.5. The molecule has 164 valence electrons. The van der Waals surface area contributed by atoms with Gasteiger partial charge in [-0.3, -0.25) is 4.40 Å². The molecule has 0 aliphatic carbocycles. The molecule has 0 fully saturated rings. The molecule has 5 rings (SSSR count). The van der Waals surface area contributed by atoms with E-state index >= 15 is 0 Å². The number of imidazole rings is 1. The van der Waals surface area contributed by atoms with E-state index in [0.29, 0.717) is 17.2 Å². The van der Waals surface area contributed by atoms with Gasteiger partial charge >= 0.3 is 0 Å². The molecule has 7 nitrogen and oxygen atoms in total. The van der Waals surface area contributed by atoms with E-state index in [2.05, 4.69) is 54.0 Å².